The quantitative estimate of drug-likeness (QED) is 0.415. The van der Waals surface area contributed by atoms with Crippen molar-refractivity contribution in [1.29, 1.82) is 0 Å². The van der Waals surface area contributed by atoms with Gasteiger partial charge in [-0.25, -0.2) is 18.3 Å². The minimum atomic E-state index is 0.623. The lowest BCUT2D eigenvalue weighted by Gasteiger charge is -2.03. The molecule has 0 radical (unpaired) electrons. The second-order valence-electron chi connectivity index (χ2n) is 6.11. The van der Waals surface area contributed by atoms with Gasteiger partial charge in [0.15, 0.2) is 13.5 Å². The Morgan fingerprint density at radius 2 is 1.21 bits per heavy atom. The Kier molecular flexibility index (Phi) is 8.55. The molecule has 2 rings (SSSR count). The van der Waals surface area contributed by atoms with E-state index in [0.717, 1.165) is 52.0 Å². The zero-order chi connectivity index (χ0) is 17.0. The van der Waals surface area contributed by atoms with E-state index < -0.39 is 0 Å². The average molecular weight is 336 g/mol. The Balaban J connectivity index is 1.46. The molecule has 6 nitrogen and oxygen atoms in total. The predicted octanol–water partition coefficient (Wildman–Crippen LogP) is 2.11. The molecule has 2 aromatic rings. The van der Waals surface area contributed by atoms with E-state index in [2.05, 4.69) is 69.6 Å². The molecule has 0 aliphatic rings. The Bertz CT molecular complexity index is 515. The highest BCUT2D eigenvalue weighted by Gasteiger charge is 2.03. The van der Waals surface area contributed by atoms with Crippen molar-refractivity contribution in [2.24, 2.45) is 0 Å². The molecule has 0 saturated heterocycles. The predicted molar refractivity (Wildman–Crippen MR) is 91.0 cm³/mol. The number of rotatable bonds is 13. The number of hydrogen-bond donors (Lipinski definition) is 0. The van der Waals surface area contributed by atoms with Gasteiger partial charge in [-0.2, -0.15) is 0 Å². The molecule has 0 bridgehead atoms. The van der Waals surface area contributed by atoms with Crippen molar-refractivity contribution >= 4 is 0 Å². The molecule has 0 aliphatic carbocycles. The summed E-state index contributed by atoms with van der Waals surface area (Å²) in [6.45, 7) is 9.28. The summed E-state index contributed by atoms with van der Waals surface area (Å²) in [5.41, 5.74) is 0. The summed E-state index contributed by atoms with van der Waals surface area (Å²) in [4.78, 5) is 0. The van der Waals surface area contributed by atoms with Crippen molar-refractivity contribution in [2.75, 3.05) is 13.2 Å². The number of aromatic nitrogens is 4. The fourth-order valence-corrected chi connectivity index (χ4v) is 2.56. The first-order chi connectivity index (χ1) is 11.8. The van der Waals surface area contributed by atoms with Crippen molar-refractivity contribution in [3.05, 3.63) is 37.4 Å². The van der Waals surface area contributed by atoms with Crippen molar-refractivity contribution in [3.63, 3.8) is 0 Å². The third kappa shape index (κ3) is 6.84. The molecule has 0 fully saturated rings. The van der Waals surface area contributed by atoms with Gasteiger partial charge in [-0.15, -0.1) is 0 Å². The number of hydrogen-bond acceptors (Lipinski definition) is 2. The first-order valence-corrected chi connectivity index (χ1v) is 9.07. The SMILES string of the molecule is CCCn1cc[n+](COCCCCOC[n+]2ccn(CCC)c2)c1. The molecule has 0 aliphatic heterocycles. The van der Waals surface area contributed by atoms with Gasteiger partial charge in [0, 0.05) is 0 Å². The van der Waals surface area contributed by atoms with Crippen molar-refractivity contribution < 1.29 is 18.6 Å². The van der Waals surface area contributed by atoms with E-state index in [9.17, 15) is 0 Å². The lowest BCUT2D eigenvalue weighted by Crippen LogP contribution is -2.33. The van der Waals surface area contributed by atoms with Crippen LogP contribution in [0.1, 0.15) is 39.5 Å². The lowest BCUT2D eigenvalue weighted by molar-refractivity contribution is -0.733. The largest absolute Gasteiger partial charge is 0.342 e. The number of aryl methyl sites for hydroxylation is 2. The van der Waals surface area contributed by atoms with Gasteiger partial charge in [-0.05, 0) is 25.7 Å². The van der Waals surface area contributed by atoms with Crippen LogP contribution in [0, 0.1) is 0 Å². The first kappa shape index (κ1) is 18.7. The Morgan fingerprint density at radius 3 is 1.62 bits per heavy atom. The molecular weight excluding hydrogens is 304 g/mol. The van der Waals surface area contributed by atoms with Crippen LogP contribution in [-0.2, 0) is 36.0 Å². The molecule has 0 saturated carbocycles. The summed E-state index contributed by atoms with van der Waals surface area (Å²) < 4.78 is 19.9. The maximum atomic E-state index is 5.69. The molecule has 0 atom stereocenters. The number of nitrogens with zero attached hydrogens (tertiary/aromatic N) is 4. The van der Waals surface area contributed by atoms with E-state index >= 15 is 0 Å². The van der Waals surface area contributed by atoms with Crippen LogP contribution in [-0.4, -0.2) is 22.3 Å². The summed E-state index contributed by atoms with van der Waals surface area (Å²) in [5.74, 6) is 0. The fraction of sp³-hybridized carbons (Fsp3) is 0.667. The minimum Gasteiger partial charge on any atom is -0.342 e. The number of unbranched alkanes of at least 4 members (excludes halogenated alkanes) is 1. The van der Waals surface area contributed by atoms with E-state index in [1.54, 1.807) is 0 Å². The molecule has 24 heavy (non-hydrogen) atoms. The van der Waals surface area contributed by atoms with E-state index in [1.807, 2.05) is 0 Å². The van der Waals surface area contributed by atoms with Gasteiger partial charge in [0.1, 0.15) is 24.8 Å². The molecular formula is C18H32N4O2+2. The molecule has 6 heteroatoms. The van der Waals surface area contributed by atoms with Crippen LogP contribution in [0.15, 0.2) is 37.4 Å². The molecule has 2 aromatic heterocycles. The monoisotopic (exact) mass is 336 g/mol. The Morgan fingerprint density at radius 1 is 0.750 bits per heavy atom. The number of imidazole rings is 2. The highest BCUT2D eigenvalue weighted by Crippen LogP contribution is 1.93. The molecule has 0 spiro atoms. The topological polar surface area (TPSA) is 36.1 Å². The van der Waals surface area contributed by atoms with Crippen LogP contribution in [0.4, 0.5) is 0 Å². The first-order valence-electron chi connectivity index (χ1n) is 9.07. The highest BCUT2D eigenvalue weighted by atomic mass is 16.5. The van der Waals surface area contributed by atoms with Crippen molar-refractivity contribution in [3.8, 4) is 0 Å². The van der Waals surface area contributed by atoms with Gasteiger partial charge >= 0.3 is 0 Å². The summed E-state index contributed by atoms with van der Waals surface area (Å²) in [6.07, 6.45) is 16.8. The maximum absolute atomic E-state index is 5.69. The minimum absolute atomic E-state index is 0.623. The van der Waals surface area contributed by atoms with Crippen LogP contribution >= 0.6 is 0 Å². The molecule has 134 valence electrons. The molecule has 2 heterocycles. The van der Waals surface area contributed by atoms with Crippen molar-refractivity contribution in [1.82, 2.24) is 9.13 Å². The summed E-state index contributed by atoms with van der Waals surface area (Å²) in [6, 6.07) is 0. The molecule has 0 N–H and O–H groups in total. The fourth-order valence-electron chi connectivity index (χ4n) is 2.56. The summed E-state index contributed by atoms with van der Waals surface area (Å²) in [5, 5.41) is 0. The molecule has 0 unspecified atom stereocenters. The average Bonchev–Trinajstić information content (AvgIpc) is 3.20. The van der Waals surface area contributed by atoms with Gasteiger partial charge in [-0.1, -0.05) is 13.8 Å². The zero-order valence-corrected chi connectivity index (χ0v) is 15.1. The van der Waals surface area contributed by atoms with Crippen molar-refractivity contribution in [2.45, 2.75) is 66.1 Å². The zero-order valence-electron chi connectivity index (χ0n) is 15.1. The van der Waals surface area contributed by atoms with Crippen LogP contribution in [0.2, 0.25) is 0 Å². The van der Waals surface area contributed by atoms with E-state index in [1.165, 1.54) is 0 Å². The lowest BCUT2D eigenvalue weighted by atomic mass is 10.3. The van der Waals surface area contributed by atoms with E-state index in [-0.39, 0.29) is 0 Å². The smallest absolute Gasteiger partial charge is 0.245 e. The normalized spacial score (nSPS) is 11.2. The number of ether oxygens (including phenoxy) is 2. The van der Waals surface area contributed by atoms with E-state index in [0.29, 0.717) is 13.5 Å². The maximum Gasteiger partial charge on any atom is 0.245 e. The standard InChI is InChI=1S/C18H32N4O2/c1-3-7-19-9-11-21(15-19)17-23-13-5-6-14-24-18-22-12-10-20(16-22)8-4-2/h9-12,15-16H,3-8,13-14,17-18H2,1-2H3/q+2. The molecule has 0 aromatic carbocycles. The van der Waals surface area contributed by atoms with Gasteiger partial charge in [0.2, 0.25) is 12.7 Å². The van der Waals surface area contributed by atoms with Crippen LogP contribution < -0.4 is 9.13 Å². The molecule has 0 amide bonds. The van der Waals surface area contributed by atoms with Gasteiger partial charge in [-0.3, -0.25) is 0 Å². The highest BCUT2D eigenvalue weighted by molar-refractivity contribution is 4.65. The summed E-state index contributed by atoms with van der Waals surface area (Å²) >= 11 is 0. The van der Waals surface area contributed by atoms with Crippen LogP contribution in [0.3, 0.4) is 0 Å². The van der Waals surface area contributed by atoms with Gasteiger partial charge in [0.25, 0.3) is 0 Å². The third-order valence-electron chi connectivity index (χ3n) is 3.76. The van der Waals surface area contributed by atoms with Gasteiger partial charge in [0.05, 0.1) is 26.3 Å². The summed E-state index contributed by atoms with van der Waals surface area (Å²) in [7, 11) is 0. The second-order valence-corrected chi connectivity index (χ2v) is 6.11. The third-order valence-corrected chi connectivity index (χ3v) is 3.76. The van der Waals surface area contributed by atoms with Crippen LogP contribution in [0.25, 0.3) is 0 Å². The Labute approximate surface area is 145 Å². The van der Waals surface area contributed by atoms with Crippen LogP contribution in [0.5, 0.6) is 0 Å². The van der Waals surface area contributed by atoms with E-state index in [4.69, 9.17) is 9.47 Å². The Hall–Kier alpha value is -1.66. The second kappa shape index (κ2) is 11.0. The van der Waals surface area contributed by atoms with Gasteiger partial charge < -0.3 is 9.47 Å².